The predicted octanol–water partition coefficient (Wildman–Crippen LogP) is 2.71. The van der Waals surface area contributed by atoms with Crippen LogP contribution in [-0.4, -0.2) is 8.42 Å². The van der Waals surface area contributed by atoms with Gasteiger partial charge in [-0.15, -0.1) is 0 Å². The first-order chi connectivity index (χ1) is 6.82. The van der Waals surface area contributed by atoms with Crippen molar-refractivity contribution in [3.8, 4) is 0 Å². The highest BCUT2D eigenvalue weighted by atomic mass is 35.5. The molecule has 1 aromatic rings. The summed E-state index contributed by atoms with van der Waals surface area (Å²) in [6.07, 6.45) is 1.25. The summed E-state index contributed by atoms with van der Waals surface area (Å²) < 4.78 is 21.8. The lowest BCUT2D eigenvalue weighted by molar-refractivity contribution is 0.597. The van der Waals surface area contributed by atoms with E-state index >= 15 is 0 Å². The summed E-state index contributed by atoms with van der Waals surface area (Å²) in [6.45, 7) is 5.89. The van der Waals surface area contributed by atoms with Crippen LogP contribution in [0.15, 0.2) is 23.1 Å². The highest BCUT2D eigenvalue weighted by molar-refractivity contribution is 7.89. The zero-order chi connectivity index (χ0) is 12.1. The van der Waals surface area contributed by atoms with E-state index in [4.69, 9.17) is 16.7 Å². The molecule has 0 bridgehead atoms. The standard InChI is InChI=1S/C7H8ClNO2S.C3H8/c1-5-4-6(8)2-3-7(5)12(9,10)11;1-3-2/h2-4H,1H3,(H2,9,10,11);3H2,1-2H3. The Morgan fingerprint density at radius 2 is 1.80 bits per heavy atom. The Labute approximate surface area is 96.3 Å². The molecule has 0 amide bonds. The Kier molecular flexibility index (Phi) is 5.87. The van der Waals surface area contributed by atoms with Gasteiger partial charge in [0.2, 0.25) is 10.0 Å². The van der Waals surface area contributed by atoms with Crippen LogP contribution in [0.4, 0.5) is 0 Å². The molecule has 0 fully saturated rings. The number of benzene rings is 1. The first-order valence-electron chi connectivity index (χ1n) is 4.61. The van der Waals surface area contributed by atoms with E-state index in [0.717, 1.165) is 0 Å². The molecule has 5 heteroatoms. The van der Waals surface area contributed by atoms with E-state index in [1.165, 1.54) is 18.6 Å². The minimum absolute atomic E-state index is 0.118. The lowest BCUT2D eigenvalue weighted by Crippen LogP contribution is -2.13. The Morgan fingerprint density at radius 1 is 1.33 bits per heavy atom. The predicted molar refractivity (Wildman–Crippen MR) is 63.5 cm³/mol. The van der Waals surface area contributed by atoms with Crippen molar-refractivity contribution in [3.63, 3.8) is 0 Å². The zero-order valence-electron chi connectivity index (χ0n) is 9.12. The van der Waals surface area contributed by atoms with Gasteiger partial charge in [0.15, 0.2) is 0 Å². The van der Waals surface area contributed by atoms with Crippen LogP contribution in [0.3, 0.4) is 0 Å². The fourth-order valence-corrected chi connectivity index (χ4v) is 1.92. The Bertz CT molecular complexity index is 415. The minimum atomic E-state index is -3.61. The second-order valence-corrected chi connectivity index (χ2v) is 5.13. The summed E-state index contributed by atoms with van der Waals surface area (Å²) >= 11 is 5.63. The number of aryl methyl sites for hydroxylation is 1. The lowest BCUT2D eigenvalue weighted by atomic mass is 10.2. The first kappa shape index (κ1) is 14.4. The van der Waals surface area contributed by atoms with E-state index < -0.39 is 10.0 Å². The van der Waals surface area contributed by atoms with Crippen LogP contribution in [0, 0.1) is 6.92 Å². The average molecular weight is 250 g/mol. The summed E-state index contributed by atoms with van der Waals surface area (Å²) in [5.74, 6) is 0. The van der Waals surface area contributed by atoms with Gasteiger partial charge in [-0.1, -0.05) is 31.9 Å². The number of halogens is 1. The highest BCUT2D eigenvalue weighted by Crippen LogP contribution is 2.17. The molecule has 86 valence electrons. The van der Waals surface area contributed by atoms with E-state index in [2.05, 4.69) is 13.8 Å². The molecule has 3 nitrogen and oxygen atoms in total. The molecule has 0 unspecified atom stereocenters. The molecule has 0 aliphatic heterocycles. The van der Waals surface area contributed by atoms with Gasteiger partial charge >= 0.3 is 0 Å². The van der Waals surface area contributed by atoms with Gasteiger partial charge in [-0.05, 0) is 30.7 Å². The van der Waals surface area contributed by atoms with E-state index in [9.17, 15) is 8.42 Å². The third-order valence-corrected chi connectivity index (χ3v) is 2.75. The van der Waals surface area contributed by atoms with Gasteiger partial charge in [0.25, 0.3) is 0 Å². The van der Waals surface area contributed by atoms with Crippen LogP contribution in [0.2, 0.25) is 5.02 Å². The molecule has 15 heavy (non-hydrogen) atoms. The molecule has 2 N–H and O–H groups in total. The number of rotatable bonds is 1. The molecule has 0 saturated heterocycles. The van der Waals surface area contributed by atoms with Gasteiger partial charge in [-0.2, -0.15) is 0 Å². The van der Waals surface area contributed by atoms with Crippen LogP contribution < -0.4 is 5.14 Å². The van der Waals surface area contributed by atoms with Crippen LogP contribution in [0.1, 0.15) is 25.8 Å². The normalized spacial score (nSPS) is 10.5. The van der Waals surface area contributed by atoms with Crippen molar-refractivity contribution >= 4 is 21.6 Å². The van der Waals surface area contributed by atoms with Gasteiger partial charge < -0.3 is 0 Å². The molecule has 1 aromatic carbocycles. The van der Waals surface area contributed by atoms with Crippen LogP contribution in [-0.2, 0) is 10.0 Å². The Balaban J connectivity index is 0.000000583. The van der Waals surface area contributed by atoms with E-state index in [1.807, 2.05) is 0 Å². The first-order valence-corrected chi connectivity index (χ1v) is 6.54. The average Bonchev–Trinajstić information content (AvgIpc) is 2.02. The fourth-order valence-electron chi connectivity index (χ4n) is 0.932. The molecule has 0 heterocycles. The maximum atomic E-state index is 10.9. The third kappa shape index (κ3) is 5.16. The van der Waals surface area contributed by atoms with Gasteiger partial charge in [-0.25, -0.2) is 13.6 Å². The van der Waals surface area contributed by atoms with Crippen molar-refractivity contribution in [1.82, 2.24) is 0 Å². The van der Waals surface area contributed by atoms with Gasteiger partial charge in [0.1, 0.15) is 0 Å². The quantitative estimate of drug-likeness (QED) is 0.832. The van der Waals surface area contributed by atoms with Crippen molar-refractivity contribution in [2.75, 3.05) is 0 Å². The van der Waals surface area contributed by atoms with Crippen molar-refractivity contribution < 1.29 is 8.42 Å². The molecule has 0 aromatic heterocycles. The molecule has 0 radical (unpaired) electrons. The van der Waals surface area contributed by atoms with Crippen molar-refractivity contribution in [1.29, 1.82) is 0 Å². The lowest BCUT2D eigenvalue weighted by Gasteiger charge is -2.02. The fraction of sp³-hybridized carbons (Fsp3) is 0.400. The van der Waals surface area contributed by atoms with Crippen molar-refractivity contribution in [3.05, 3.63) is 28.8 Å². The van der Waals surface area contributed by atoms with Gasteiger partial charge in [0, 0.05) is 5.02 Å². The van der Waals surface area contributed by atoms with E-state index in [-0.39, 0.29) is 4.90 Å². The Hall–Kier alpha value is -0.580. The molecule has 0 aliphatic rings. The number of hydrogen-bond acceptors (Lipinski definition) is 2. The minimum Gasteiger partial charge on any atom is -0.225 e. The molecular formula is C10H16ClNO2S. The molecule has 0 aliphatic carbocycles. The SMILES string of the molecule is CCC.Cc1cc(Cl)ccc1S(N)(=O)=O. The monoisotopic (exact) mass is 249 g/mol. The summed E-state index contributed by atoms with van der Waals surface area (Å²) in [5.41, 5.74) is 0.560. The van der Waals surface area contributed by atoms with E-state index in [1.54, 1.807) is 13.0 Å². The van der Waals surface area contributed by atoms with Crippen molar-refractivity contribution in [2.45, 2.75) is 32.1 Å². The number of primary sulfonamides is 1. The third-order valence-electron chi connectivity index (χ3n) is 1.44. The summed E-state index contributed by atoms with van der Waals surface area (Å²) in [5, 5.41) is 5.44. The topological polar surface area (TPSA) is 60.2 Å². The van der Waals surface area contributed by atoms with Crippen molar-refractivity contribution in [2.24, 2.45) is 5.14 Å². The molecule has 0 atom stereocenters. The second kappa shape index (κ2) is 6.10. The number of hydrogen-bond donors (Lipinski definition) is 1. The summed E-state index contributed by atoms with van der Waals surface area (Å²) in [7, 11) is -3.61. The maximum absolute atomic E-state index is 10.9. The number of nitrogens with two attached hydrogens (primary N) is 1. The van der Waals surface area contributed by atoms with Gasteiger partial charge in [0.05, 0.1) is 4.90 Å². The van der Waals surface area contributed by atoms with E-state index in [0.29, 0.717) is 10.6 Å². The van der Waals surface area contributed by atoms with Gasteiger partial charge in [-0.3, -0.25) is 0 Å². The largest absolute Gasteiger partial charge is 0.238 e. The molecule has 1 rings (SSSR count). The van der Waals surface area contributed by atoms with Crippen LogP contribution >= 0.6 is 11.6 Å². The highest BCUT2D eigenvalue weighted by Gasteiger charge is 2.10. The van der Waals surface area contributed by atoms with Crippen LogP contribution in [0.25, 0.3) is 0 Å². The van der Waals surface area contributed by atoms with Crippen LogP contribution in [0.5, 0.6) is 0 Å². The summed E-state index contributed by atoms with van der Waals surface area (Å²) in [6, 6.07) is 4.45. The molecular weight excluding hydrogens is 234 g/mol. The molecule has 0 saturated carbocycles. The maximum Gasteiger partial charge on any atom is 0.238 e. The summed E-state index contributed by atoms with van der Waals surface area (Å²) in [4.78, 5) is 0.118. The second-order valence-electron chi connectivity index (χ2n) is 3.16. The smallest absolute Gasteiger partial charge is 0.225 e. The Morgan fingerprint density at radius 3 is 2.13 bits per heavy atom. The number of sulfonamides is 1. The molecule has 0 spiro atoms. The zero-order valence-corrected chi connectivity index (χ0v) is 10.7.